The molecule has 0 aliphatic rings. The second kappa shape index (κ2) is 6.19. The summed E-state index contributed by atoms with van der Waals surface area (Å²) in [6.45, 7) is 4.04. The monoisotopic (exact) mass is 365 g/mol. The Balaban J connectivity index is 2.27. The lowest BCUT2D eigenvalue weighted by atomic mass is 9.99. The van der Waals surface area contributed by atoms with Gasteiger partial charge < -0.3 is 5.32 Å². The Morgan fingerprint density at radius 3 is 2.47 bits per heavy atom. The van der Waals surface area contributed by atoms with Gasteiger partial charge in [0.1, 0.15) is 0 Å². The van der Waals surface area contributed by atoms with Gasteiger partial charge in [-0.15, -0.1) is 0 Å². The first-order valence-electron chi connectivity index (χ1n) is 6.27. The van der Waals surface area contributed by atoms with Gasteiger partial charge in [-0.1, -0.05) is 25.1 Å². The highest BCUT2D eigenvalue weighted by Crippen LogP contribution is 2.18. The van der Waals surface area contributed by atoms with E-state index >= 15 is 0 Å². The number of hydrogen-bond donors (Lipinski definition) is 1. The number of benzene rings is 2. The third-order valence-electron chi connectivity index (χ3n) is 3.07. The third kappa shape index (κ3) is 3.35. The SMILES string of the molecule is CCc1cccc(C)c1C(=O)Nc1ccc(I)cc1. The normalized spacial score (nSPS) is 10.3. The molecule has 0 atom stereocenters. The molecule has 0 aromatic heterocycles. The van der Waals surface area contributed by atoms with E-state index in [0.29, 0.717) is 0 Å². The number of halogens is 1. The van der Waals surface area contributed by atoms with Gasteiger partial charge in [-0.3, -0.25) is 4.79 Å². The first-order chi connectivity index (χ1) is 9.11. The Morgan fingerprint density at radius 1 is 1.16 bits per heavy atom. The van der Waals surface area contributed by atoms with Gasteiger partial charge in [-0.05, 0) is 71.3 Å². The summed E-state index contributed by atoms with van der Waals surface area (Å²) in [4.78, 5) is 12.4. The molecule has 1 amide bonds. The number of carbonyl (C=O) groups excluding carboxylic acids is 1. The summed E-state index contributed by atoms with van der Waals surface area (Å²) in [5, 5.41) is 2.96. The second-order valence-electron chi connectivity index (χ2n) is 4.42. The summed E-state index contributed by atoms with van der Waals surface area (Å²) < 4.78 is 1.15. The maximum atomic E-state index is 12.4. The molecule has 2 nitrogen and oxygen atoms in total. The van der Waals surface area contributed by atoms with E-state index in [1.54, 1.807) is 0 Å². The van der Waals surface area contributed by atoms with E-state index in [-0.39, 0.29) is 5.91 Å². The van der Waals surface area contributed by atoms with Crippen LogP contribution in [0.4, 0.5) is 5.69 Å². The van der Waals surface area contributed by atoms with Crippen molar-refractivity contribution in [1.29, 1.82) is 0 Å². The van der Waals surface area contributed by atoms with Crippen LogP contribution in [-0.4, -0.2) is 5.91 Å². The van der Waals surface area contributed by atoms with Crippen LogP contribution in [-0.2, 0) is 6.42 Å². The molecule has 0 heterocycles. The Bertz CT molecular complexity index is 590. The maximum Gasteiger partial charge on any atom is 0.256 e. The lowest BCUT2D eigenvalue weighted by Gasteiger charge is -2.11. The van der Waals surface area contributed by atoms with E-state index < -0.39 is 0 Å². The zero-order valence-corrected chi connectivity index (χ0v) is 13.2. The van der Waals surface area contributed by atoms with Gasteiger partial charge in [0.2, 0.25) is 0 Å². The van der Waals surface area contributed by atoms with Crippen molar-refractivity contribution in [3.8, 4) is 0 Å². The highest BCUT2D eigenvalue weighted by atomic mass is 127. The standard InChI is InChI=1S/C16H16INO/c1-3-12-6-4-5-11(2)15(12)16(19)18-14-9-7-13(17)8-10-14/h4-10H,3H2,1-2H3,(H,18,19). The number of rotatable bonds is 3. The average Bonchev–Trinajstić information content (AvgIpc) is 2.40. The minimum absolute atomic E-state index is 0.0313. The molecule has 0 unspecified atom stereocenters. The molecule has 2 aromatic carbocycles. The van der Waals surface area contributed by atoms with Crippen LogP contribution < -0.4 is 5.32 Å². The van der Waals surface area contributed by atoms with Crippen molar-refractivity contribution in [2.45, 2.75) is 20.3 Å². The van der Waals surface area contributed by atoms with E-state index in [1.807, 2.05) is 49.4 Å². The van der Waals surface area contributed by atoms with E-state index in [2.05, 4.69) is 34.8 Å². The molecule has 1 N–H and O–H groups in total. The zero-order chi connectivity index (χ0) is 13.8. The molecule has 0 aliphatic heterocycles. The molecule has 2 rings (SSSR count). The highest BCUT2D eigenvalue weighted by molar-refractivity contribution is 14.1. The van der Waals surface area contributed by atoms with Crippen LogP contribution in [0.5, 0.6) is 0 Å². The van der Waals surface area contributed by atoms with E-state index in [9.17, 15) is 4.79 Å². The fourth-order valence-electron chi connectivity index (χ4n) is 2.07. The first-order valence-corrected chi connectivity index (χ1v) is 7.35. The molecule has 3 heteroatoms. The summed E-state index contributed by atoms with van der Waals surface area (Å²) >= 11 is 2.25. The lowest BCUT2D eigenvalue weighted by Crippen LogP contribution is -2.15. The largest absolute Gasteiger partial charge is 0.322 e. The fourth-order valence-corrected chi connectivity index (χ4v) is 2.43. The van der Waals surface area contributed by atoms with Crippen molar-refractivity contribution in [3.05, 3.63) is 62.7 Å². The third-order valence-corrected chi connectivity index (χ3v) is 3.79. The summed E-state index contributed by atoms with van der Waals surface area (Å²) in [5.74, 6) is -0.0313. The van der Waals surface area contributed by atoms with Gasteiger partial charge in [0.05, 0.1) is 0 Å². The van der Waals surface area contributed by atoms with Crippen molar-refractivity contribution in [1.82, 2.24) is 0 Å². The summed E-state index contributed by atoms with van der Waals surface area (Å²) in [7, 11) is 0. The van der Waals surface area contributed by atoms with Gasteiger partial charge in [0.25, 0.3) is 5.91 Å². The molecule has 2 aromatic rings. The van der Waals surface area contributed by atoms with Gasteiger partial charge in [-0.25, -0.2) is 0 Å². The molecule has 0 aliphatic carbocycles. The number of anilines is 1. The van der Waals surface area contributed by atoms with Crippen molar-refractivity contribution in [3.63, 3.8) is 0 Å². The van der Waals surface area contributed by atoms with Crippen LogP contribution in [0.3, 0.4) is 0 Å². The van der Waals surface area contributed by atoms with Crippen LogP contribution in [0.2, 0.25) is 0 Å². The Labute approximate surface area is 127 Å². The molecular formula is C16H16INO. The van der Waals surface area contributed by atoms with Crippen molar-refractivity contribution in [2.24, 2.45) is 0 Å². The highest BCUT2D eigenvalue weighted by Gasteiger charge is 2.13. The smallest absolute Gasteiger partial charge is 0.256 e. The Morgan fingerprint density at radius 2 is 1.84 bits per heavy atom. The first kappa shape index (κ1) is 14.1. The van der Waals surface area contributed by atoms with Crippen LogP contribution in [0, 0.1) is 10.5 Å². The van der Waals surface area contributed by atoms with Crippen LogP contribution in [0.25, 0.3) is 0 Å². The van der Waals surface area contributed by atoms with E-state index in [4.69, 9.17) is 0 Å². The number of amides is 1. The fraction of sp³-hybridized carbons (Fsp3) is 0.188. The minimum atomic E-state index is -0.0313. The zero-order valence-electron chi connectivity index (χ0n) is 11.0. The average molecular weight is 365 g/mol. The maximum absolute atomic E-state index is 12.4. The number of hydrogen-bond acceptors (Lipinski definition) is 1. The molecule has 0 radical (unpaired) electrons. The van der Waals surface area contributed by atoms with E-state index in [1.165, 1.54) is 0 Å². The van der Waals surface area contributed by atoms with Crippen LogP contribution in [0.1, 0.15) is 28.4 Å². The lowest BCUT2D eigenvalue weighted by molar-refractivity contribution is 0.102. The topological polar surface area (TPSA) is 29.1 Å². The molecule has 0 fully saturated rings. The Kier molecular flexibility index (Phi) is 4.58. The number of nitrogens with one attached hydrogen (secondary N) is 1. The minimum Gasteiger partial charge on any atom is -0.322 e. The van der Waals surface area contributed by atoms with Gasteiger partial charge in [0, 0.05) is 14.8 Å². The van der Waals surface area contributed by atoms with Gasteiger partial charge in [0.15, 0.2) is 0 Å². The predicted molar refractivity (Wildman–Crippen MR) is 87.7 cm³/mol. The molecular weight excluding hydrogens is 349 g/mol. The Hall–Kier alpha value is -1.36. The molecule has 0 bridgehead atoms. The van der Waals surface area contributed by atoms with Crippen LogP contribution in [0.15, 0.2) is 42.5 Å². The summed E-state index contributed by atoms with van der Waals surface area (Å²) in [5.41, 5.74) is 3.73. The summed E-state index contributed by atoms with van der Waals surface area (Å²) in [6.07, 6.45) is 0.858. The van der Waals surface area contributed by atoms with Gasteiger partial charge >= 0.3 is 0 Å². The van der Waals surface area contributed by atoms with Crippen molar-refractivity contribution in [2.75, 3.05) is 5.32 Å². The molecule has 19 heavy (non-hydrogen) atoms. The molecule has 0 saturated carbocycles. The number of aryl methyl sites for hydroxylation is 2. The quantitative estimate of drug-likeness (QED) is 0.802. The molecule has 0 spiro atoms. The number of carbonyl (C=O) groups is 1. The molecule has 98 valence electrons. The predicted octanol–water partition coefficient (Wildman–Crippen LogP) is 4.41. The van der Waals surface area contributed by atoms with Gasteiger partial charge in [-0.2, -0.15) is 0 Å². The van der Waals surface area contributed by atoms with Crippen LogP contribution >= 0.6 is 22.6 Å². The molecule has 0 saturated heterocycles. The van der Waals surface area contributed by atoms with Crippen molar-refractivity contribution < 1.29 is 4.79 Å². The van der Waals surface area contributed by atoms with Crippen molar-refractivity contribution >= 4 is 34.2 Å². The second-order valence-corrected chi connectivity index (χ2v) is 5.67. The van der Waals surface area contributed by atoms with E-state index in [0.717, 1.165) is 32.4 Å². The summed E-state index contributed by atoms with van der Waals surface area (Å²) in [6, 6.07) is 13.8.